The summed E-state index contributed by atoms with van der Waals surface area (Å²) in [7, 11) is 0. The average Bonchev–Trinajstić information content (AvgIpc) is 3.57. The van der Waals surface area contributed by atoms with Crippen molar-refractivity contribution in [3.8, 4) is 11.1 Å². The fraction of sp³-hybridized carbons (Fsp3) is 0.354. The summed E-state index contributed by atoms with van der Waals surface area (Å²) in [6, 6.07) is 67.3. The summed E-state index contributed by atoms with van der Waals surface area (Å²) in [4.78, 5) is 4.93. The van der Waals surface area contributed by atoms with Gasteiger partial charge < -0.3 is 9.80 Å². The molecule has 6 aliphatic carbocycles. The molecule has 2 nitrogen and oxygen atoms in total. The number of rotatable bonds is 9. The van der Waals surface area contributed by atoms with Crippen LogP contribution in [0.5, 0.6) is 0 Å². The second kappa shape index (κ2) is 16.1. The standard InChI is InChI=1S/C65H68N2/c1-62(2,3)48-34-36-65(37-35-48,50-22-28-54(29-23-50)66(52-14-8-6-9-15-52)53-16-10-7-11-17-53)51-24-30-56(31-25-51)67(57-32-33-59-58-18-12-13-19-60(58)63(4,5)61(59)41-57)55-26-20-49(21-27-55)64-42-45-38-46(43-64)40-47(39-45)44-64/h6-33,41,45-48H,34-40,42-44H2,1-5H3. The van der Waals surface area contributed by atoms with Crippen LogP contribution in [0.1, 0.15) is 127 Å². The molecule has 0 saturated heterocycles. The Labute approximate surface area is 401 Å². The molecule has 0 aromatic heterocycles. The molecule has 5 saturated carbocycles. The summed E-state index contributed by atoms with van der Waals surface area (Å²) in [6.07, 6.45) is 13.3. The summed E-state index contributed by atoms with van der Waals surface area (Å²) in [6.45, 7) is 12.1. The van der Waals surface area contributed by atoms with Gasteiger partial charge >= 0.3 is 0 Å². The van der Waals surface area contributed by atoms with Gasteiger partial charge in [0.05, 0.1) is 0 Å². The predicted octanol–water partition coefficient (Wildman–Crippen LogP) is 17.9. The monoisotopic (exact) mass is 877 g/mol. The lowest BCUT2D eigenvalue weighted by Gasteiger charge is -2.57. The van der Waals surface area contributed by atoms with Crippen LogP contribution in [-0.4, -0.2) is 0 Å². The number of hydrogen-bond acceptors (Lipinski definition) is 2. The fourth-order valence-corrected chi connectivity index (χ4v) is 14.9. The number of anilines is 6. The van der Waals surface area contributed by atoms with Crippen molar-refractivity contribution in [2.45, 2.75) is 115 Å². The largest absolute Gasteiger partial charge is 0.311 e. The van der Waals surface area contributed by atoms with E-state index in [9.17, 15) is 0 Å². The van der Waals surface area contributed by atoms with Crippen LogP contribution in [0.2, 0.25) is 0 Å². The predicted molar refractivity (Wildman–Crippen MR) is 282 cm³/mol. The van der Waals surface area contributed by atoms with Crippen molar-refractivity contribution in [3.63, 3.8) is 0 Å². The molecule has 2 heteroatoms. The highest BCUT2D eigenvalue weighted by Gasteiger charge is 2.51. The molecule has 0 radical (unpaired) electrons. The number of para-hydroxylation sites is 2. The van der Waals surface area contributed by atoms with Crippen LogP contribution in [0.15, 0.2) is 176 Å². The van der Waals surface area contributed by atoms with Crippen LogP contribution in [0.3, 0.4) is 0 Å². The normalized spacial score (nSPS) is 25.6. The Balaban J connectivity index is 0.931. The minimum Gasteiger partial charge on any atom is -0.311 e. The quantitative estimate of drug-likeness (QED) is 0.143. The van der Waals surface area contributed by atoms with Crippen molar-refractivity contribution in [2.24, 2.45) is 29.1 Å². The van der Waals surface area contributed by atoms with E-state index in [0.717, 1.165) is 30.6 Å². The van der Waals surface area contributed by atoms with Crippen LogP contribution in [0.4, 0.5) is 34.1 Å². The van der Waals surface area contributed by atoms with E-state index in [1.165, 1.54) is 119 Å². The Morgan fingerprint density at radius 3 is 1.31 bits per heavy atom. The summed E-state index contributed by atoms with van der Waals surface area (Å²) in [5.74, 6) is 3.51. The first kappa shape index (κ1) is 42.5. The first-order valence-corrected chi connectivity index (χ1v) is 25.7. The van der Waals surface area contributed by atoms with E-state index in [1.807, 2.05) is 0 Å². The third kappa shape index (κ3) is 7.28. The first-order valence-electron chi connectivity index (χ1n) is 25.7. The summed E-state index contributed by atoms with van der Waals surface area (Å²) in [5, 5.41) is 0. The molecule has 7 aromatic carbocycles. The lowest BCUT2D eigenvalue weighted by Crippen LogP contribution is -2.48. The molecule has 0 heterocycles. The molecular formula is C65H68N2. The molecule has 7 aromatic rings. The molecule has 4 bridgehead atoms. The van der Waals surface area contributed by atoms with Gasteiger partial charge in [-0.1, -0.05) is 138 Å². The molecule has 0 amide bonds. The van der Waals surface area contributed by atoms with Gasteiger partial charge in [0.25, 0.3) is 0 Å². The van der Waals surface area contributed by atoms with E-state index >= 15 is 0 Å². The van der Waals surface area contributed by atoms with E-state index in [-0.39, 0.29) is 10.8 Å². The Morgan fingerprint density at radius 1 is 0.418 bits per heavy atom. The van der Waals surface area contributed by atoms with E-state index in [1.54, 1.807) is 5.56 Å². The Hall–Kier alpha value is -5.86. The molecule has 0 atom stereocenters. The van der Waals surface area contributed by atoms with Gasteiger partial charge in [0.1, 0.15) is 0 Å². The summed E-state index contributed by atoms with van der Waals surface area (Å²) >= 11 is 0. The van der Waals surface area contributed by atoms with Crippen molar-refractivity contribution < 1.29 is 0 Å². The van der Waals surface area contributed by atoms with Gasteiger partial charge in [-0.3, -0.25) is 0 Å². The molecule has 338 valence electrons. The van der Waals surface area contributed by atoms with Crippen LogP contribution < -0.4 is 9.80 Å². The van der Waals surface area contributed by atoms with Crippen molar-refractivity contribution in [1.82, 2.24) is 0 Å². The van der Waals surface area contributed by atoms with Gasteiger partial charge in [-0.05, 0) is 210 Å². The van der Waals surface area contributed by atoms with Crippen LogP contribution in [0.25, 0.3) is 11.1 Å². The second-order valence-corrected chi connectivity index (χ2v) is 23.3. The third-order valence-electron chi connectivity index (χ3n) is 18.1. The minimum atomic E-state index is -0.0765. The van der Waals surface area contributed by atoms with E-state index in [0.29, 0.717) is 16.7 Å². The zero-order valence-corrected chi connectivity index (χ0v) is 40.5. The number of benzene rings is 7. The lowest BCUT2D eigenvalue weighted by molar-refractivity contribution is -0.00518. The maximum Gasteiger partial charge on any atom is 0.0465 e. The van der Waals surface area contributed by atoms with E-state index in [4.69, 9.17) is 0 Å². The lowest BCUT2D eigenvalue weighted by atomic mass is 9.48. The zero-order valence-electron chi connectivity index (χ0n) is 40.5. The number of hydrogen-bond donors (Lipinski definition) is 0. The topological polar surface area (TPSA) is 6.48 Å². The minimum absolute atomic E-state index is 0.0726. The Kier molecular flexibility index (Phi) is 10.2. The second-order valence-electron chi connectivity index (χ2n) is 23.3. The smallest absolute Gasteiger partial charge is 0.0465 e. The molecule has 0 N–H and O–H groups in total. The third-order valence-corrected chi connectivity index (χ3v) is 18.1. The SMILES string of the molecule is CC1(C)c2ccccc2-c2ccc(N(c3ccc(C45CC6CC(CC(C6)C4)C5)cc3)c3ccc(C4(c5ccc(N(c6ccccc6)c6ccccc6)cc5)CCC(C(C)(C)C)CC4)cc3)cc21. The van der Waals surface area contributed by atoms with Crippen LogP contribution >= 0.6 is 0 Å². The highest BCUT2D eigenvalue weighted by atomic mass is 15.1. The Morgan fingerprint density at radius 2 is 0.821 bits per heavy atom. The fourth-order valence-electron chi connectivity index (χ4n) is 14.9. The van der Waals surface area contributed by atoms with Gasteiger partial charge in [-0.25, -0.2) is 0 Å². The molecule has 0 unspecified atom stereocenters. The van der Waals surface area contributed by atoms with Crippen molar-refractivity contribution in [1.29, 1.82) is 0 Å². The summed E-state index contributed by atoms with van der Waals surface area (Å²) in [5.41, 5.74) is 17.7. The molecule has 6 aliphatic rings. The highest BCUT2D eigenvalue weighted by Crippen LogP contribution is 2.61. The van der Waals surface area contributed by atoms with Crippen molar-refractivity contribution in [2.75, 3.05) is 9.80 Å². The molecule has 13 rings (SSSR count). The molecule has 0 aliphatic heterocycles. The highest BCUT2D eigenvalue weighted by molar-refractivity contribution is 5.86. The van der Waals surface area contributed by atoms with Gasteiger partial charge in [0, 0.05) is 45.0 Å². The van der Waals surface area contributed by atoms with Gasteiger partial charge in [0.2, 0.25) is 0 Å². The molecule has 67 heavy (non-hydrogen) atoms. The van der Waals surface area contributed by atoms with Gasteiger partial charge in [0.15, 0.2) is 0 Å². The Bertz CT molecular complexity index is 2800. The van der Waals surface area contributed by atoms with Crippen LogP contribution in [0, 0.1) is 29.1 Å². The number of fused-ring (bicyclic) bond motifs is 3. The molecule has 5 fully saturated rings. The average molecular weight is 877 g/mol. The summed E-state index contributed by atoms with van der Waals surface area (Å²) < 4.78 is 0. The van der Waals surface area contributed by atoms with Gasteiger partial charge in [-0.15, -0.1) is 0 Å². The molecule has 0 spiro atoms. The first-order chi connectivity index (χ1) is 32.5. The van der Waals surface area contributed by atoms with Gasteiger partial charge in [-0.2, -0.15) is 0 Å². The zero-order chi connectivity index (χ0) is 45.5. The molecular weight excluding hydrogens is 809 g/mol. The maximum atomic E-state index is 2.55. The van der Waals surface area contributed by atoms with Crippen molar-refractivity contribution >= 4 is 34.1 Å². The number of nitrogens with zero attached hydrogens (tertiary/aromatic N) is 2. The van der Waals surface area contributed by atoms with E-state index < -0.39 is 0 Å². The maximum absolute atomic E-state index is 2.55. The van der Waals surface area contributed by atoms with Crippen molar-refractivity contribution in [3.05, 3.63) is 204 Å². The van der Waals surface area contributed by atoms with Crippen LogP contribution in [-0.2, 0) is 16.2 Å². The van der Waals surface area contributed by atoms with E-state index in [2.05, 4.69) is 220 Å².